The van der Waals surface area contributed by atoms with Gasteiger partial charge in [0.1, 0.15) is 5.75 Å². The van der Waals surface area contributed by atoms with Crippen molar-refractivity contribution in [3.8, 4) is 5.75 Å². The van der Waals surface area contributed by atoms with Crippen LogP contribution in [0.25, 0.3) is 10.9 Å². The summed E-state index contributed by atoms with van der Waals surface area (Å²) in [5, 5.41) is 1.07. The highest BCUT2D eigenvalue weighted by Crippen LogP contribution is 2.23. The second-order valence-electron chi connectivity index (χ2n) is 3.49. The monoisotopic (exact) mass is 187 g/mol. The second-order valence-corrected chi connectivity index (χ2v) is 3.49. The maximum absolute atomic E-state index is 5.69. The van der Waals surface area contributed by atoms with Crippen molar-refractivity contribution in [1.29, 1.82) is 0 Å². The summed E-state index contributed by atoms with van der Waals surface area (Å²) in [6.45, 7) is 4.05. The van der Waals surface area contributed by atoms with E-state index in [0.29, 0.717) is 0 Å². The van der Waals surface area contributed by atoms with E-state index in [1.165, 1.54) is 0 Å². The summed E-state index contributed by atoms with van der Waals surface area (Å²) in [5.74, 6) is 0.908. The number of pyridine rings is 1. The molecule has 2 nitrogen and oxygen atoms in total. The third kappa shape index (κ3) is 1.69. The lowest BCUT2D eigenvalue weighted by Gasteiger charge is -2.11. The van der Waals surface area contributed by atoms with Crippen molar-refractivity contribution >= 4 is 10.9 Å². The quantitative estimate of drug-likeness (QED) is 0.721. The fraction of sp³-hybridized carbons (Fsp3) is 0.250. The van der Waals surface area contributed by atoms with E-state index in [1.807, 2.05) is 44.2 Å². The van der Waals surface area contributed by atoms with Crippen LogP contribution < -0.4 is 4.74 Å². The number of ether oxygens (including phenoxy) is 1. The Hall–Kier alpha value is -1.57. The minimum Gasteiger partial charge on any atom is -0.490 e. The fourth-order valence-corrected chi connectivity index (χ4v) is 1.43. The molecule has 0 aliphatic heterocycles. The molecule has 0 unspecified atom stereocenters. The number of hydrogen-bond acceptors (Lipinski definition) is 2. The smallest absolute Gasteiger partial charge is 0.130 e. The Kier molecular flexibility index (Phi) is 2.35. The minimum absolute atomic E-state index is 0.195. The van der Waals surface area contributed by atoms with Crippen molar-refractivity contribution in [2.24, 2.45) is 0 Å². The van der Waals surface area contributed by atoms with Gasteiger partial charge in [-0.1, -0.05) is 12.1 Å². The van der Waals surface area contributed by atoms with E-state index in [-0.39, 0.29) is 6.10 Å². The SMILES string of the molecule is CC(C)Oc1ccnc2ccccc12. The average molecular weight is 187 g/mol. The van der Waals surface area contributed by atoms with Crippen LogP contribution in [-0.2, 0) is 0 Å². The second kappa shape index (κ2) is 3.66. The number of nitrogens with zero attached hydrogens (tertiary/aromatic N) is 1. The Labute approximate surface area is 83.5 Å². The molecule has 14 heavy (non-hydrogen) atoms. The molecule has 0 N–H and O–H groups in total. The van der Waals surface area contributed by atoms with E-state index in [0.717, 1.165) is 16.7 Å². The van der Waals surface area contributed by atoms with Crippen molar-refractivity contribution in [2.75, 3.05) is 0 Å². The molecular weight excluding hydrogens is 174 g/mol. The van der Waals surface area contributed by atoms with Crippen LogP contribution in [0.3, 0.4) is 0 Å². The van der Waals surface area contributed by atoms with Crippen molar-refractivity contribution < 1.29 is 4.74 Å². The molecule has 72 valence electrons. The zero-order chi connectivity index (χ0) is 9.97. The normalized spacial score (nSPS) is 10.8. The average Bonchev–Trinajstić information content (AvgIpc) is 2.18. The van der Waals surface area contributed by atoms with Crippen LogP contribution in [-0.4, -0.2) is 11.1 Å². The summed E-state index contributed by atoms with van der Waals surface area (Å²) in [6, 6.07) is 9.90. The Morgan fingerprint density at radius 3 is 2.71 bits per heavy atom. The summed E-state index contributed by atoms with van der Waals surface area (Å²) < 4.78 is 5.69. The van der Waals surface area contributed by atoms with Gasteiger partial charge in [-0.2, -0.15) is 0 Å². The highest BCUT2D eigenvalue weighted by Gasteiger charge is 2.03. The van der Waals surface area contributed by atoms with E-state index in [2.05, 4.69) is 4.98 Å². The van der Waals surface area contributed by atoms with Crippen LogP contribution in [0.2, 0.25) is 0 Å². The summed E-state index contributed by atoms with van der Waals surface area (Å²) in [7, 11) is 0. The molecule has 2 heteroatoms. The fourth-order valence-electron chi connectivity index (χ4n) is 1.43. The molecule has 0 radical (unpaired) electrons. The van der Waals surface area contributed by atoms with E-state index in [1.54, 1.807) is 6.20 Å². The van der Waals surface area contributed by atoms with Gasteiger partial charge in [0.2, 0.25) is 0 Å². The first-order chi connectivity index (χ1) is 6.77. The molecule has 0 amide bonds. The molecule has 0 atom stereocenters. The standard InChI is InChI=1S/C12H13NO/c1-9(2)14-12-7-8-13-11-6-4-3-5-10(11)12/h3-9H,1-2H3. The molecule has 0 spiro atoms. The molecule has 1 aromatic heterocycles. The number of fused-ring (bicyclic) bond motifs is 1. The minimum atomic E-state index is 0.195. The molecule has 0 saturated carbocycles. The van der Waals surface area contributed by atoms with Gasteiger partial charge in [0.25, 0.3) is 0 Å². The number of aromatic nitrogens is 1. The molecular formula is C12H13NO. The molecule has 2 rings (SSSR count). The third-order valence-corrected chi connectivity index (χ3v) is 1.97. The van der Waals surface area contributed by atoms with Gasteiger partial charge in [0.15, 0.2) is 0 Å². The summed E-state index contributed by atoms with van der Waals surface area (Å²) >= 11 is 0. The van der Waals surface area contributed by atoms with Gasteiger partial charge in [0, 0.05) is 11.6 Å². The van der Waals surface area contributed by atoms with Gasteiger partial charge >= 0.3 is 0 Å². The van der Waals surface area contributed by atoms with Gasteiger partial charge in [-0.25, -0.2) is 0 Å². The highest BCUT2D eigenvalue weighted by molar-refractivity contribution is 5.84. The van der Waals surface area contributed by atoms with Gasteiger partial charge in [-0.15, -0.1) is 0 Å². The summed E-state index contributed by atoms with van der Waals surface area (Å²) in [4.78, 5) is 4.27. The number of rotatable bonds is 2. The van der Waals surface area contributed by atoms with Crippen molar-refractivity contribution in [3.05, 3.63) is 36.5 Å². The Bertz CT molecular complexity index is 432. The third-order valence-electron chi connectivity index (χ3n) is 1.97. The van der Waals surface area contributed by atoms with Gasteiger partial charge < -0.3 is 4.74 Å². The Balaban J connectivity index is 2.53. The number of para-hydroxylation sites is 1. The van der Waals surface area contributed by atoms with Crippen LogP contribution >= 0.6 is 0 Å². The summed E-state index contributed by atoms with van der Waals surface area (Å²) in [5.41, 5.74) is 0.977. The lowest BCUT2D eigenvalue weighted by Crippen LogP contribution is -2.05. The molecule has 0 fully saturated rings. The molecule has 0 aliphatic rings. The van der Waals surface area contributed by atoms with Gasteiger partial charge in [-0.3, -0.25) is 4.98 Å². The largest absolute Gasteiger partial charge is 0.490 e. The molecule has 0 bridgehead atoms. The number of hydrogen-bond donors (Lipinski definition) is 0. The predicted molar refractivity (Wildman–Crippen MR) is 57.5 cm³/mol. The van der Waals surface area contributed by atoms with E-state index in [4.69, 9.17) is 4.74 Å². The molecule has 2 aromatic rings. The highest BCUT2D eigenvalue weighted by atomic mass is 16.5. The zero-order valence-corrected chi connectivity index (χ0v) is 8.40. The Morgan fingerprint density at radius 2 is 1.93 bits per heavy atom. The van der Waals surface area contributed by atoms with Crippen molar-refractivity contribution in [3.63, 3.8) is 0 Å². The maximum atomic E-state index is 5.69. The molecule has 0 aliphatic carbocycles. The van der Waals surface area contributed by atoms with Crippen LogP contribution in [0.15, 0.2) is 36.5 Å². The van der Waals surface area contributed by atoms with Crippen LogP contribution in [0, 0.1) is 0 Å². The first-order valence-corrected chi connectivity index (χ1v) is 4.78. The van der Waals surface area contributed by atoms with Gasteiger partial charge in [0.05, 0.1) is 11.6 Å². The van der Waals surface area contributed by atoms with Crippen molar-refractivity contribution in [1.82, 2.24) is 4.98 Å². The first kappa shape index (κ1) is 9.00. The molecule has 1 aromatic carbocycles. The lowest BCUT2D eigenvalue weighted by atomic mass is 10.2. The summed E-state index contributed by atoms with van der Waals surface area (Å²) in [6.07, 6.45) is 1.97. The van der Waals surface area contributed by atoms with Crippen LogP contribution in [0.1, 0.15) is 13.8 Å². The Morgan fingerprint density at radius 1 is 1.14 bits per heavy atom. The maximum Gasteiger partial charge on any atom is 0.130 e. The van der Waals surface area contributed by atoms with Crippen LogP contribution in [0.4, 0.5) is 0 Å². The lowest BCUT2D eigenvalue weighted by molar-refractivity contribution is 0.245. The predicted octanol–water partition coefficient (Wildman–Crippen LogP) is 3.02. The molecule has 0 saturated heterocycles. The van der Waals surface area contributed by atoms with E-state index in [9.17, 15) is 0 Å². The zero-order valence-electron chi connectivity index (χ0n) is 8.40. The van der Waals surface area contributed by atoms with E-state index >= 15 is 0 Å². The van der Waals surface area contributed by atoms with Gasteiger partial charge in [-0.05, 0) is 32.0 Å². The topological polar surface area (TPSA) is 22.1 Å². The number of benzene rings is 1. The van der Waals surface area contributed by atoms with Crippen LogP contribution in [0.5, 0.6) is 5.75 Å². The first-order valence-electron chi connectivity index (χ1n) is 4.78. The van der Waals surface area contributed by atoms with E-state index < -0.39 is 0 Å². The molecule has 1 heterocycles. The van der Waals surface area contributed by atoms with Crippen molar-refractivity contribution in [2.45, 2.75) is 20.0 Å².